The van der Waals surface area contributed by atoms with Crippen molar-refractivity contribution in [1.29, 1.82) is 0 Å². The molecule has 3 rings (SSSR count). The summed E-state index contributed by atoms with van der Waals surface area (Å²) in [7, 11) is 0. The minimum Gasteiger partial charge on any atom is -0.484 e. The molecule has 2 heterocycles. The van der Waals surface area contributed by atoms with Crippen molar-refractivity contribution in [3.05, 3.63) is 56.7 Å². The van der Waals surface area contributed by atoms with Crippen molar-refractivity contribution in [2.45, 2.75) is 18.6 Å². The highest BCUT2D eigenvalue weighted by atomic mass is 79.9. The Morgan fingerprint density at radius 2 is 1.95 bits per heavy atom. The number of rotatable bonds is 1. The predicted octanol–water partition coefficient (Wildman–Crippen LogP) is 4.13. The first-order valence-electron chi connectivity index (χ1n) is 5.96. The summed E-state index contributed by atoms with van der Waals surface area (Å²) < 4.78 is 7.98. The van der Waals surface area contributed by atoms with E-state index in [2.05, 4.69) is 36.8 Å². The summed E-state index contributed by atoms with van der Waals surface area (Å²) in [6.45, 7) is 0. The number of aromatic nitrogens is 1. The topological polar surface area (TPSA) is 48.1 Å². The van der Waals surface area contributed by atoms with Gasteiger partial charge in [-0.25, -0.2) is 0 Å². The summed E-state index contributed by atoms with van der Waals surface area (Å²) in [6, 6.07) is 9.83. The van der Waals surface area contributed by atoms with E-state index >= 15 is 0 Å². The largest absolute Gasteiger partial charge is 0.484 e. The van der Waals surface area contributed by atoms with Crippen LogP contribution < -0.4 is 10.5 Å². The number of nitrogens with zero attached hydrogens (tertiary/aromatic N) is 1. The number of fused-ring (bicyclic) bond motifs is 1. The van der Waals surface area contributed by atoms with Crippen molar-refractivity contribution in [3.63, 3.8) is 0 Å². The summed E-state index contributed by atoms with van der Waals surface area (Å²) in [5.74, 6) is 0.844. The lowest BCUT2D eigenvalue weighted by Gasteiger charge is -2.30. The summed E-state index contributed by atoms with van der Waals surface area (Å²) in [5.41, 5.74) is 8.19. The van der Waals surface area contributed by atoms with E-state index in [1.807, 2.05) is 30.3 Å². The maximum atomic E-state index is 6.24. The molecule has 98 valence electrons. The molecule has 0 fully saturated rings. The van der Waals surface area contributed by atoms with Crippen LogP contribution in [0, 0.1) is 0 Å². The van der Waals surface area contributed by atoms with Crippen LogP contribution in [0.5, 0.6) is 5.75 Å². The minimum atomic E-state index is -0.0863. The first kappa shape index (κ1) is 13.1. The van der Waals surface area contributed by atoms with Gasteiger partial charge in [0.05, 0.1) is 5.69 Å². The van der Waals surface area contributed by atoms with Gasteiger partial charge >= 0.3 is 0 Å². The van der Waals surface area contributed by atoms with Crippen LogP contribution >= 0.6 is 31.9 Å². The zero-order valence-electron chi connectivity index (χ0n) is 10.0. The Labute approximate surface area is 128 Å². The number of benzene rings is 1. The number of hydrogen-bond donors (Lipinski definition) is 1. The number of nitrogens with two attached hydrogens (primary N) is 1. The molecule has 2 unspecified atom stereocenters. The Hall–Kier alpha value is -0.910. The quantitative estimate of drug-likeness (QED) is 0.805. The lowest BCUT2D eigenvalue weighted by Crippen LogP contribution is -2.24. The highest BCUT2D eigenvalue weighted by Gasteiger charge is 2.27. The molecule has 0 bridgehead atoms. The Morgan fingerprint density at radius 3 is 2.68 bits per heavy atom. The molecule has 2 atom stereocenters. The highest BCUT2D eigenvalue weighted by molar-refractivity contribution is 9.10. The third-order valence-electron chi connectivity index (χ3n) is 3.19. The van der Waals surface area contributed by atoms with Gasteiger partial charge in [0, 0.05) is 33.2 Å². The molecule has 0 saturated carbocycles. The third-order valence-corrected chi connectivity index (χ3v) is 4.15. The van der Waals surface area contributed by atoms with Gasteiger partial charge < -0.3 is 10.5 Å². The van der Waals surface area contributed by atoms with Crippen LogP contribution in [0.4, 0.5) is 0 Å². The van der Waals surface area contributed by atoms with E-state index in [1.54, 1.807) is 6.20 Å². The van der Waals surface area contributed by atoms with Gasteiger partial charge in [-0.05, 0) is 46.3 Å². The van der Waals surface area contributed by atoms with Crippen LogP contribution in [-0.2, 0) is 0 Å². The first-order chi connectivity index (χ1) is 9.13. The molecule has 1 aliphatic heterocycles. The second kappa shape index (κ2) is 5.23. The van der Waals surface area contributed by atoms with Crippen molar-refractivity contribution in [1.82, 2.24) is 4.98 Å². The van der Waals surface area contributed by atoms with Crippen molar-refractivity contribution >= 4 is 31.9 Å². The van der Waals surface area contributed by atoms with E-state index in [9.17, 15) is 0 Å². The standard InChI is InChI=1S/C14H12Br2N2O/c15-8-2-4-13-10(5-8)11(17)6-14(19-13)12-3-1-9(16)7-18-12/h1-5,7,11,14H,6,17H2. The van der Waals surface area contributed by atoms with E-state index < -0.39 is 0 Å². The van der Waals surface area contributed by atoms with Gasteiger partial charge in [-0.1, -0.05) is 15.9 Å². The fourth-order valence-electron chi connectivity index (χ4n) is 2.23. The average molecular weight is 384 g/mol. The van der Waals surface area contributed by atoms with Gasteiger partial charge in [-0.2, -0.15) is 0 Å². The van der Waals surface area contributed by atoms with Crippen molar-refractivity contribution in [3.8, 4) is 5.75 Å². The zero-order chi connectivity index (χ0) is 13.4. The Bertz CT molecular complexity index is 601. The van der Waals surface area contributed by atoms with Crippen LogP contribution in [0.15, 0.2) is 45.5 Å². The monoisotopic (exact) mass is 382 g/mol. The van der Waals surface area contributed by atoms with Crippen LogP contribution in [0.2, 0.25) is 0 Å². The maximum absolute atomic E-state index is 6.24. The molecule has 0 radical (unpaired) electrons. The van der Waals surface area contributed by atoms with Gasteiger partial charge in [0.25, 0.3) is 0 Å². The molecule has 1 aromatic heterocycles. The van der Waals surface area contributed by atoms with Gasteiger partial charge in [0.15, 0.2) is 0 Å². The molecule has 0 saturated heterocycles. The molecule has 2 N–H and O–H groups in total. The molecular formula is C14H12Br2N2O. The number of pyridine rings is 1. The summed E-state index contributed by atoms with van der Waals surface area (Å²) in [5, 5.41) is 0. The van der Waals surface area contributed by atoms with Gasteiger partial charge in [0.1, 0.15) is 11.9 Å². The maximum Gasteiger partial charge on any atom is 0.142 e. The highest BCUT2D eigenvalue weighted by Crippen LogP contribution is 2.40. The average Bonchev–Trinajstić information content (AvgIpc) is 2.40. The predicted molar refractivity (Wildman–Crippen MR) is 81.0 cm³/mol. The smallest absolute Gasteiger partial charge is 0.142 e. The number of ether oxygens (including phenoxy) is 1. The minimum absolute atomic E-state index is 0.0308. The molecule has 5 heteroatoms. The van der Waals surface area contributed by atoms with Gasteiger partial charge in [-0.15, -0.1) is 0 Å². The fourth-order valence-corrected chi connectivity index (χ4v) is 2.85. The summed E-state index contributed by atoms with van der Waals surface area (Å²) in [4.78, 5) is 4.39. The first-order valence-corrected chi connectivity index (χ1v) is 7.55. The fraction of sp³-hybridized carbons (Fsp3) is 0.214. The van der Waals surface area contributed by atoms with Crippen molar-refractivity contribution < 1.29 is 4.74 Å². The van der Waals surface area contributed by atoms with Crippen molar-refractivity contribution in [2.75, 3.05) is 0 Å². The van der Waals surface area contributed by atoms with Crippen LogP contribution in [0.25, 0.3) is 0 Å². The van der Waals surface area contributed by atoms with Crippen LogP contribution in [-0.4, -0.2) is 4.98 Å². The Morgan fingerprint density at radius 1 is 1.16 bits per heavy atom. The molecule has 19 heavy (non-hydrogen) atoms. The molecule has 0 spiro atoms. The van der Waals surface area contributed by atoms with Crippen LogP contribution in [0.3, 0.4) is 0 Å². The lowest BCUT2D eigenvalue weighted by molar-refractivity contribution is 0.157. The SMILES string of the molecule is NC1CC(c2ccc(Br)cn2)Oc2ccc(Br)cc21. The second-order valence-electron chi connectivity index (χ2n) is 4.53. The Kier molecular flexibility index (Phi) is 3.60. The number of hydrogen-bond acceptors (Lipinski definition) is 3. The molecule has 1 aromatic carbocycles. The third kappa shape index (κ3) is 2.68. The van der Waals surface area contributed by atoms with E-state index in [1.165, 1.54) is 0 Å². The van der Waals surface area contributed by atoms with Crippen molar-refractivity contribution in [2.24, 2.45) is 5.73 Å². The zero-order valence-corrected chi connectivity index (χ0v) is 13.2. The summed E-state index contributed by atoms with van der Waals surface area (Å²) in [6.07, 6.45) is 2.43. The van der Waals surface area contributed by atoms with E-state index in [0.717, 1.165) is 32.4 Å². The Balaban J connectivity index is 1.92. The molecule has 2 aromatic rings. The van der Waals surface area contributed by atoms with E-state index in [4.69, 9.17) is 10.5 Å². The second-order valence-corrected chi connectivity index (χ2v) is 6.36. The number of halogens is 2. The normalized spacial score (nSPS) is 21.6. The molecule has 3 nitrogen and oxygen atoms in total. The van der Waals surface area contributed by atoms with Gasteiger partial charge in [-0.3, -0.25) is 4.98 Å². The van der Waals surface area contributed by atoms with Crippen LogP contribution in [0.1, 0.15) is 29.8 Å². The van der Waals surface area contributed by atoms with Gasteiger partial charge in [0.2, 0.25) is 0 Å². The summed E-state index contributed by atoms with van der Waals surface area (Å²) >= 11 is 6.84. The lowest BCUT2D eigenvalue weighted by atomic mass is 9.96. The molecular weight excluding hydrogens is 372 g/mol. The van der Waals surface area contributed by atoms with E-state index in [0.29, 0.717) is 0 Å². The molecule has 0 aliphatic carbocycles. The van der Waals surface area contributed by atoms with E-state index in [-0.39, 0.29) is 12.1 Å². The molecule has 1 aliphatic rings. The molecule has 0 amide bonds.